The Bertz CT molecular complexity index is 262. The Kier molecular flexibility index (Phi) is 13.2. The molecule has 0 aliphatic carbocycles. The van der Waals surface area contributed by atoms with E-state index in [1.165, 1.54) is 25.7 Å². The van der Waals surface area contributed by atoms with Crippen molar-refractivity contribution >= 4 is 21.2 Å². The Morgan fingerprint density at radius 3 is 1.77 bits per heavy atom. The Balaban J connectivity index is 0. The molecule has 0 heterocycles. The van der Waals surface area contributed by atoms with Crippen LogP contribution in [0.1, 0.15) is 66.2 Å². The Hall–Kier alpha value is 0.347. The molecule has 0 rings (SSSR count). The van der Waals surface area contributed by atoms with Crippen LogP contribution in [-0.4, -0.2) is 35.7 Å². The highest BCUT2D eigenvalue weighted by molar-refractivity contribution is 6.62. The van der Waals surface area contributed by atoms with Crippen molar-refractivity contribution in [2.45, 2.75) is 77.3 Å². The molecule has 2 N–H and O–H groups in total. The summed E-state index contributed by atoms with van der Waals surface area (Å²) in [6, 6.07) is 0. The van der Waals surface area contributed by atoms with Gasteiger partial charge in [0.1, 0.15) is 0 Å². The summed E-state index contributed by atoms with van der Waals surface area (Å²) in [6.07, 6.45) is 7.07. The third kappa shape index (κ3) is 6.85. The number of nitrogens with two attached hydrogens (primary N) is 1. The van der Waals surface area contributed by atoms with Crippen molar-refractivity contribution in [3.8, 4) is 0 Å². The first-order valence-corrected chi connectivity index (χ1v) is 10.1. The third-order valence-corrected chi connectivity index (χ3v) is 7.98. The second-order valence-electron chi connectivity index (χ2n) is 6.51. The van der Waals surface area contributed by atoms with Crippen LogP contribution in [0, 0.1) is 5.92 Å². The van der Waals surface area contributed by atoms with E-state index in [0.717, 1.165) is 12.8 Å². The molecule has 0 aliphatic heterocycles. The number of hydrogen-bond donors (Lipinski definition) is 1. The quantitative estimate of drug-likeness (QED) is 0.416. The summed E-state index contributed by atoms with van der Waals surface area (Å²) < 4.78 is 17.2. The van der Waals surface area contributed by atoms with Crippen LogP contribution >= 0.6 is 12.4 Å². The third-order valence-electron chi connectivity index (χ3n) is 4.56. The summed E-state index contributed by atoms with van der Waals surface area (Å²) in [4.78, 5) is 0. The van der Waals surface area contributed by atoms with E-state index in [1.54, 1.807) is 21.3 Å². The Morgan fingerprint density at radius 2 is 1.45 bits per heavy atom. The molecule has 0 aromatic heterocycles. The van der Waals surface area contributed by atoms with Gasteiger partial charge in [-0.2, -0.15) is 0 Å². The number of rotatable bonds is 12. The molecule has 0 aromatic carbocycles. The van der Waals surface area contributed by atoms with Crippen LogP contribution in [0.25, 0.3) is 0 Å². The average Bonchev–Trinajstić information content (AvgIpc) is 2.45. The van der Waals surface area contributed by atoms with E-state index in [1.807, 2.05) is 0 Å². The molecule has 2 atom stereocenters. The zero-order chi connectivity index (χ0) is 16.5. The van der Waals surface area contributed by atoms with Gasteiger partial charge in [0, 0.05) is 32.4 Å². The molecule has 0 fully saturated rings. The van der Waals surface area contributed by atoms with Crippen molar-refractivity contribution in [3.63, 3.8) is 0 Å². The van der Waals surface area contributed by atoms with E-state index in [2.05, 4.69) is 27.7 Å². The lowest BCUT2D eigenvalue weighted by molar-refractivity contribution is 0.0884. The van der Waals surface area contributed by atoms with E-state index in [4.69, 9.17) is 19.0 Å². The fourth-order valence-electron chi connectivity index (χ4n) is 3.37. The molecule has 0 saturated carbocycles. The summed E-state index contributed by atoms with van der Waals surface area (Å²) in [5, 5.41) is 0. The second kappa shape index (κ2) is 11.8. The Labute approximate surface area is 145 Å². The topological polar surface area (TPSA) is 53.7 Å². The first-order valence-electron chi connectivity index (χ1n) is 8.27. The van der Waals surface area contributed by atoms with Crippen molar-refractivity contribution in [3.05, 3.63) is 0 Å². The normalized spacial score (nSPS) is 15.3. The van der Waals surface area contributed by atoms with Gasteiger partial charge in [0.05, 0.1) is 0 Å². The highest BCUT2D eigenvalue weighted by Gasteiger charge is 2.52. The predicted octanol–water partition coefficient (Wildman–Crippen LogP) is 4.39. The maximum atomic E-state index is 6.49. The predicted molar refractivity (Wildman–Crippen MR) is 98.6 cm³/mol. The van der Waals surface area contributed by atoms with E-state index in [9.17, 15) is 0 Å². The molecule has 22 heavy (non-hydrogen) atoms. The summed E-state index contributed by atoms with van der Waals surface area (Å²) in [7, 11) is 2.41. The molecule has 0 bridgehead atoms. The van der Waals surface area contributed by atoms with E-state index < -0.39 is 8.80 Å². The maximum absolute atomic E-state index is 6.49. The lowest BCUT2D eigenvalue weighted by Gasteiger charge is -2.42. The molecule has 136 valence electrons. The minimum absolute atomic E-state index is 0. The van der Waals surface area contributed by atoms with Crippen LogP contribution < -0.4 is 5.73 Å². The zero-order valence-electron chi connectivity index (χ0n) is 15.6. The van der Waals surface area contributed by atoms with E-state index in [-0.39, 0.29) is 23.5 Å². The first kappa shape index (κ1) is 24.6. The van der Waals surface area contributed by atoms with Crippen LogP contribution in [0.15, 0.2) is 0 Å². The molecule has 0 aromatic rings. The lowest BCUT2D eigenvalue weighted by Crippen LogP contribution is -2.55. The van der Waals surface area contributed by atoms with Crippen molar-refractivity contribution in [1.82, 2.24) is 0 Å². The van der Waals surface area contributed by atoms with Gasteiger partial charge in [0.25, 0.3) is 0 Å². The summed E-state index contributed by atoms with van der Waals surface area (Å²) in [5.41, 5.74) is 6.46. The van der Waals surface area contributed by atoms with Crippen LogP contribution in [-0.2, 0) is 13.3 Å². The SMILES string of the molecule is CCCCCCC(C(CC)[Si](OC)(OC)OC)C(C)(C)N.Cl. The molecule has 0 spiro atoms. The highest BCUT2D eigenvalue weighted by Crippen LogP contribution is 2.42. The van der Waals surface area contributed by atoms with Crippen LogP contribution in [0.5, 0.6) is 0 Å². The fraction of sp³-hybridized carbons (Fsp3) is 1.00. The van der Waals surface area contributed by atoms with Crippen LogP contribution in [0.3, 0.4) is 0 Å². The van der Waals surface area contributed by atoms with Crippen molar-refractivity contribution in [1.29, 1.82) is 0 Å². The smallest absolute Gasteiger partial charge is 0.377 e. The molecule has 2 unspecified atom stereocenters. The van der Waals surface area contributed by atoms with Gasteiger partial charge in [0.15, 0.2) is 0 Å². The van der Waals surface area contributed by atoms with Gasteiger partial charge in [-0.05, 0) is 32.6 Å². The highest BCUT2D eigenvalue weighted by atomic mass is 35.5. The lowest BCUT2D eigenvalue weighted by atomic mass is 9.80. The van der Waals surface area contributed by atoms with Gasteiger partial charge in [0.2, 0.25) is 0 Å². The minimum Gasteiger partial charge on any atom is -0.377 e. The minimum atomic E-state index is -2.67. The average molecular weight is 356 g/mol. The van der Waals surface area contributed by atoms with E-state index >= 15 is 0 Å². The Morgan fingerprint density at radius 1 is 0.955 bits per heavy atom. The largest absolute Gasteiger partial charge is 0.503 e. The fourth-order valence-corrected chi connectivity index (χ4v) is 6.37. The van der Waals surface area contributed by atoms with Gasteiger partial charge >= 0.3 is 8.80 Å². The van der Waals surface area contributed by atoms with Gasteiger partial charge < -0.3 is 19.0 Å². The standard InChI is InChI=1S/C16H37NO3Si.ClH/c1-8-10-11-12-13-14(16(3,4)17)15(9-2)21(18-5,19-6)20-7;/h14-15H,8-13,17H2,1-7H3;1H. The number of unbranched alkanes of at least 4 members (excludes halogenated alkanes) is 3. The molecule has 0 radical (unpaired) electrons. The van der Waals surface area contributed by atoms with Crippen molar-refractivity contribution < 1.29 is 13.3 Å². The molecule has 0 saturated heterocycles. The van der Waals surface area contributed by atoms with Gasteiger partial charge in [-0.3, -0.25) is 0 Å². The maximum Gasteiger partial charge on any atom is 0.503 e. The number of halogens is 1. The van der Waals surface area contributed by atoms with Crippen LogP contribution in [0.2, 0.25) is 5.54 Å². The monoisotopic (exact) mass is 355 g/mol. The first-order chi connectivity index (χ1) is 9.82. The molecular formula is C16H38ClNO3Si. The molecule has 4 nitrogen and oxygen atoms in total. The van der Waals surface area contributed by atoms with Crippen molar-refractivity contribution in [2.75, 3.05) is 21.3 Å². The second-order valence-corrected chi connectivity index (χ2v) is 9.68. The van der Waals surface area contributed by atoms with Gasteiger partial charge in [-0.1, -0.05) is 39.5 Å². The van der Waals surface area contributed by atoms with Gasteiger partial charge in [-0.15, -0.1) is 12.4 Å². The van der Waals surface area contributed by atoms with E-state index in [0.29, 0.717) is 5.92 Å². The van der Waals surface area contributed by atoms with Crippen LogP contribution in [0.4, 0.5) is 0 Å². The van der Waals surface area contributed by atoms with Gasteiger partial charge in [-0.25, -0.2) is 0 Å². The molecule has 6 heteroatoms. The molecular weight excluding hydrogens is 318 g/mol. The summed E-state index contributed by atoms with van der Waals surface area (Å²) >= 11 is 0. The zero-order valence-corrected chi connectivity index (χ0v) is 17.4. The number of hydrogen-bond acceptors (Lipinski definition) is 4. The summed E-state index contributed by atoms with van der Waals surface area (Å²) in [6.45, 7) is 8.63. The molecule has 0 aliphatic rings. The van der Waals surface area contributed by atoms with Crippen molar-refractivity contribution in [2.24, 2.45) is 11.7 Å². The molecule has 0 amide bonds. The summed E-state index contributed by atoms with van der Waals surface area (Å²) in [5.74, 6) is 0.339.